The van der Waals surface area contributed by atoms with Gasteiger partial charge in [0.1, 0.15) is 5.03 Å². The van der Waals surface area contributed by atoms with E-state index in [1.165, 1.54) is 5.56 Å². The van der Waals surface area contributed by atoms with E-state index in [1.807, 2.05) is 30.3 Å². The van der Waals surface area contributed by atoms with E-state index < -0.39 is 0 Å². The van der Waals surface area contributed by atoms with E-state index in [2.05, 4.69) is 27.8 Å². The third kappa shape index (κ3) is 4.48. The van der Waals surface area contributed by atoms with Crippen LogP contribution in [0.15, 0.2) is 50.9 Å². The molecule has 0 spiro atoms. The second-order valence-electron chi connectivity index (χ2n) is 4.54. The van der Waals surface area contributed by atoms with Crippen molar-refractivity contribution in [3.8, 4) is 0 Å². The molecule has 1 aromatic carbocycles. The van der Waals surface area contributed by atoms with E-state index >= 15 is 0 Å². The van der Waals surface area contributed by atoms with Gasteiger partial charge in [-0.1, -0.05) is 30.3 Å². The summed E-state index contributed by atoms with van der Waals surface area (Å²) >= 11 is 11.1. The Labute approximate surface area is 137 Å². The fourth-order valence-corrected chi connectivity index (χ4v) is 3.07. The van der Waals surface area contributed by atoms with E-state index in [0.717, 1.165) is 32.3 Å². The number of benzene rings is 1. The molecule has 5 heteroatoms. The monoisotopic (exact) mass is 370 g/mol. The summed E-state index contributed by atoms with van der Waals surface area (Å²) in [6.07, 6.45) is 3.58. The molecule has 2 N–H and O–H groups in total. The van der Waals surface area contributed by atoms with Gasteiger partial charge in [-0.25, -0.2) is 4.98 Å². The van der Waals surface area contributed by atoms with E-state index in [-0.39, 0.29) is 6.04 Å². The van der Waals surface area contributed by atoms with E-state index in [0.29, 0.717) is 0 Å². The molecule has 0 amide bonds. The van der Waals surface area contributed by atoms with Crippen LogP contribution >= 0.6 is 39.3 Å². The van der Waals surface area contributed by atoms with Crippen molar-refractivity contribution in [2.45, 2.75) is 35.7 Å². The maximum atomic E-state index is 6.10. The fraction of sp³-hybridized carbons (Fsp3) is 0.267. The predicted molar refractivity (Wildman–Crippen MR) is 89.5 cm³/mol. The first-order chi connectivity index (χ1) is 9.58. The maximum Gasteiger partial charge on any atom is 0.101 e. The van der Waals surface area contributed by atoms with Crippen LogP contribution in [0.5, 0.6) is 0 Å². The number of pyridine rings is 1. The molecular formula is C15H16BrClN2S. The number of aromatic nitrogens is 1. The number of nitrogens with two attached hydrogens (primary N) is 1. The van der Waals surface area contributed by atoms with Crippen molar-refractivity contribution in [2.24, 2.45) is 5.73 Å². The minimum Gasteiger partial charge on any atom is -0.327 e. The summed E-state index contributed by atoms with van der Waals surface area (Å²) < 4.78 is 0.978. The molecule has 1 atom stereocenters. The predicted octanol–water partition coefficient (Wildman–Crippen LogP) is 4.93. The van der Waals surface area contributed by atoms with Gasteiger partial charge in [-0.2, -0.15) is 0 Å². The molecule has 0 aliphatic carbocycles. The summed E-state index contributed by atoms with van der Waals surface area (Å²) in [5.74, 6) is 0. The first kappa shape index (κ1) is 15.8. The average molecular weight is 372 g/mol. The number of rotatable bonds is 5. The highest BCUT2D eigenvalue weighted by Crippen LogP contribution is 2.32. The maximum absolute atomic E-state index is 6.10. The summed E-state index contributed by atoms with van der Waals surface area (Å²) in [6.45, 7) is 2.10. The van der Waals surface area contributed by atoms with Crippen LogP contribution in [0.4, 0.5) is 0 Å². The van der Waals surface area contributed by atoms with Crippen LogP contribution in [-0.2, 0) is 6.42 Å². The largest absolute Gasteiger partial charge is 0.327 e. The standard InChI is InChI=1S/C15H16BrClN2S/c1-2-13(18)8-10-7-12(17)4-5-14(10)20-15-6-3-11(16)9-19-15/h3-7,9,13H,2,8,18H2,1H3. The van der Waals surface area contributed by atoms with Crippen LogP contribution in [0.25, 0.3) is 0 Å². The van der Waals surface area contributed by atoms with Gasteiger partial charge in [0, 0.05) is 26.6 Å². The molecule has 0 fully saturated rings. The van der Waals surface area contributed by atoms with Gasteiger partial charge in [0.05, 0.1) is 0 Å². The van der Waals surface area contributed by atoms with Crippen molar-refractivity contribution in [1.82, 2.24) is 4.98 Å². The van der Waals surface area contributed by atoms with Crippen molar-refractivity contribution in [2.75, 3.05) is 0 Å². The summed E-state index contributed by atoms with van der Waals surface area (Å²) in [6, 6.07) is 10.1. The highest BCUT2D eigenvalue weighted by atomic mass is 79.9. The lowest BCUT2D eigenvalue weighted by atomic mass is 10.0. The summed E-state index contributed by atoms with van der Waals surface area (Å²) in [4.78, 5) is 5.55. The Morgan fingerprint density at radius 3 is 2.80 bits per heavy atom. The molecule has 20 heavy (non-hydrogen) atoms. The molecular weight excluding hydrogens is 356 g/mol. The van der Waals surface area contributed by atoms with Gasteiger partial charge >= 0.3 is 0 Å². The molecule has 0 aliphatic rings. The van der Waals surface area contributed by atoms with E-state index in [4.69, 9.17) is 17.3 Å². The Kier molecular flexibility index (Phi) is 5.90. The van der Waals surface area contributed by atoms with Crippen LogP contribution in [0, 0.1) is 0 Å². The van der Waals surface area contributed by atoms with Gasteiger partial charge in [-0.15, -0.1) is 0 Å². The molecule has 0 radical (unpaired) electrons. The third-order valence-corrected chi connectivity index (χ3v) is 4.72. The van der Waals surface area contributed by atoms with Crippen molar-refractivity contribution in [3.63, 3.8) is 0 Å². The SMILES string of the molecule is CCC(N)Cc1cc(Cl)ccc1Sc1ccc(Br)cn1. The number of hydrogen-bond donors (Lipinski definition) is 1. The van der Waals surface area contributed by atoms with Crippen molar-refractivity contribution < 1.29 is 0 Å². The second kappa shape index (κ2) is 7.46. The Hall–Kier alpha value is -0.550. The molecule has 2 rings (SSSR count). The molecule has 2 aromatic rings. The normalized spacial score (nSPS) is 12.4. The first-order valence-corrected chi connectivity index (χ1v) is 8.40. The van der Waals surface area contributed by atoms with Gasteiger partial charge in [0.2, 0.25) is 0 Å². The van der Waals surface area contributed by atoms with Gasteiger partial charge < -0.3 is 5.73 Å². The molecule has 2 nitrogen and oxygen atoms in total. The Morgan fingerprint density at radius 2 is 2.15 bits per heavy atom. The van der Waals surface area contributed by atoms with Crippen LogP contribution in [-0.4, -0.2) is 11.0 Å². The zero-order chi connectivity index (χ0) is 14.5. The molecule has 0 bridgehead atoms. The van der Waals surface area contributed by atoms with Crippen molar-refractivity contribution >= 4 is 39.3 Å². The van der Waals surface area contributed by atoms with Gasteiger partial charge in [-0.05, 0) is 64.7 Å². The lowest BCUT2D eigenvalue weighted by molar-refractivity contribution is 0.641. The average Bonchev–Trinajstić information content (AvgIpc) is 2.44. The van der Waals surface area contributed by atoms with Crippen molar-refractivity contribution in [3.05, 3.63) is 51.6 Å². The van der Waals surface area contributed by atoms with Crippen LogP contribution in [0.2, 0.25) is 5.02 Å². The van der Waals surface area contributed by atoms with Crippen LogP contribution in [0.1, 0.15) is 18.9 Å². The van der Waals surface area contributed by atoms with Gasteiger partial charge in [0.15, 0.2) is 0 Å². The van der Waals surface area contributed by atoms with Crippen LogP contribution < -0.4 is 5.73 Å². The molecule has 1 unspecified atom stereocenters. The second-order valence-corrected chi connectivity index (χ2v) is 6.96. The smallest absolute Gasteiger partial charge is 0.101 e. The molecule has 106 valence electrons. The number of nitrogens with zero attached hydrogens (tertiary/aromatic N) is 1. The van der Waals surface area contributed by atoms with Gasteiger partial charge in [-0.3, -0.25) is 0 Å². The Bertz CT molecular complexity index is 575. The lowest BCUT2D eigenvalue weighted by Crippen LogP contribution is -2.21. The zero-order valence-electron chi connectivity index (χ0n) is 11.1. The highest BCUT2D eigenvalue weighted by molar-refractivity contribution is 9.10. The summed E-state index contributed by atoms with van der Waals surface area (Å²) in [5.41, 5.74) is 7.25. The third-order valence-electron chi connectivity index (χ3n) is 2.94. The molecule has 1 heterocycles. The molecule has 1 aromatic heterocycles. The minimum atomic E-state index is 0.158. The van der Waals surface area contributed by atoms with Crippen molar-refractivity contribution in [1.29, 1.82) is 0 Å². The summed E-state index contributed by atoms with van der Waals surface area (Å²) in [5, 5.41) is 1.71. The van der Waals surface area contributed by atoms with E-state index in [9.17, 15) is 0 Å². The molecule has 0 aliphatic heterocycles. The Morgan fingerprint density at radius 1 is 1.35 bits per heavy atom. The van der Waals surface area contributed by atoms with Crippen LogP contribution in [0.3, 0.4) is 0 Å². The van der Waals surface area contributed by atoms with E-state index in [1.54, 1.807) is 18.0 Å². The zero-order valence-corrected chi connectivity index (χ0v) is 14.3. The molecule has 0 saturated carbocycles. The van der Waals surface area contributed by atoms with Gasteiger partial charge in [0.25, 0.3) is 0 Å². The lowest BCUT2D eigenvalue weighted by Gasteiger charge is -2.13. The molecule has 0 saturated heterocycles. The Balaban J connectivity index is 2.23. The minimum absolute atomic E-state index is 0.158. The topological polar surface area (TPSA) is 38.9 Å². The number of hydrogen-bond acceptors (Lipinski definition) is 3. The fourth-order valence-electron chi connectivity index (χ4n) is 1.77. The highest BCUT2D eigenvalue weighted by Gasteiger charge is 2.10. The summed E-state index contributed by atoms with van der Waals surface area (Å²) in [7, 11) is 0. The first-order valence-electron chi connectivity index (χ1n) is 6.42. The quantitative estimate of drug-likeness (QED) is 0.810. The number of halogens is 2.